The second kappa shape index (κ2) is 11.4. The van der Waals surface area contributed by atoms with Crippen LogP contribution >= 0.6 is 0 Å². The molecule has 15 heteroatoms. The molecular formula is C27H40F2O12S. The lowest BCUT2D eigenvalue weighted by molar-refractivity contribution is -0.304. The van der Waals surface area contributed by atoms with Gasteiger partial charge in [-0.1, -0.05) is 0 Å². The van der Waals surface area contributed by atoms with E-state index in [1.807, 2.05) is 0 Å². The number of carbonyl (C=O) groups excluding carboxylic acids is 3. The van der Waals surface area contributed by atoms with Crippen molar-refractivity contribution in [3.05, 3.63) is 0 Å². The van der Waals surface area contributed by atoms with Crippen LogP contribution in [0.1, 0.15) is 86.0 Å². The van der Waals surface area contributed by atoms with E-state index < -0.39 is 74.7 Å². The Kier molecular flexibility index (Phi) is 8.93. The predicted molar refractivity (Wildman–Crippen MR) is 139 cm³/mol. The summed E-state index contributed by atoms with van der Waals surface area (Å²) >= 11 is 0. The van der Waals surface area contributed by atoms with E-state index in [2.05, 4.69) is 0 Å². The van der Waals surface area contributed by atoms with Crippen molar-refractivity contribution in [1.29, 1.82) is 0 Å². The quantitative estimate of drug-likeness (QED) is 0.233. The fourth-order valence-electron chi connectivity index (χ4n) is 7.07. The third kappa shape index (κ3) is 7.51. The van der Waals surface area contributed by atoms with Crippen LogP contribution in [0.25, 0.3) is 0 Å². The largest absolute Gasteiger partial charge is 0.508 e. The molecule has 0 aromatic carbocycles. The Morgan fingerprint density at radius 2 is 1.62 bits per heavy atom. The molecule has 0 aromatic heterocycles. The molecule has 1 saturated heterocycles. The number of halogens is 2. The highest BCUT2D eigenvalue weighted by Crippen LogP contribution is 2.57. The second-order valence-electron chi connectivity index (χ2n) is 13.4. The summed E-state index contributed by atoms with van der Waals surface area (Å²) in [7, 11) is -6.03. The van der Waals surface area contributed by atoms with Gasteiger partial charge in [-0.2, -0.15) is 17.2 Å². The van der Waals surface area contributed by atoms with Crippen molar-refractivity contribution in [3.8, 4) is 0 Å². The van der Waals surface area contributed by atoms with Crippen LogP contribution in [-0.4, -0.2) is 78.2 Å². The first-order valence-corrected chi connectivity index (χ1v) is 15.6. The number of hydrogen-bond acceptors (Lipinski definition) is 11. The van der Waals surface area contributed by atoms with Crippen LogP contribution in [0.3, 0.4) is 0 Å². The highest BCUT2D eigenvalue weighted by Gasteiger charge is 2.63. The maximum atomic E-state index is 14.1. The maximum absolute atomic E-state index is 14.1. The number of carbonyl (C=O) groups is 3. The summed E-state index contributed by atoms with van der Waals surface area (Å²) in [5.41, 5.74) is -2.11. The third-order valence-corrected chi connectivity index (χ3v) is 9.06. The number of esters is 2. The molecule has 7 atom stereocenters. The van der Waals surface area contributed by atoms with Gasteiger partial charge in [-0.25, -0.2) is 9.59 Å². The van der Waals surface area contributed by atoms with Gasteiger partial charge in [0.1, 0.15) is 23.9 Å². The normalized spacial score (nSPS) is 34.3. The minimum Gasteiger partial charge on any atom is -0.460 e. The zero-order valence-electron chi connectivity index (χ0n) is 24.4. The van der Waals surface area contributed by atoms with Gasteiger partial charge in [0.15, 0.2) is 5.79 Å². The minimum absolute atomic E-state index is 0.0193. The Bertz CT molecular complexity index is 1160. The van der Waals surface area contributed by atoms with E-state index in [-0.39, 0.29) is 44.1 Å². The molecule has 0 amide bonds. The summed E-state index contributed by atoms with van der Waals surface area (Å²) in [5.74, 6) is -4.54. The monoisotopic (exact) mass is 626 g/mol. The van der Waals surface area contributed by atoms with Gasteiger partial charge < -0.3 is 28.4 Å². The molecule has 1 N–H and O–H groups in total. The number of alkyl halides is 2. The van der Waals surface area contributed by atoms with E-state index in [4.69, 9.17) is 33.0 Å². The molecule has 0 spiro atoms. The van der Waals surface area contributed by atoms with E-state index in [9.17, 15) is 31.6 Å². The number of hydrogen-bond donors (Lipinski definition) is 1. The lowest BCUT2D eigenvalue weighted by atomic mass is 9.54. The van der Waals surface area contributed by atoms with Crippen molar-refractivity contribution in [2.24, 2.45) is 17.8 Å². The molecule has 12 nitrogen and oxygen atoms in total. The first-order chi connectivity index (χ1) is 19.2. The summed E-state index contributed by atoms with van der Waals surface area (Å²) in [6, 6.07) is 0. The molecule has 1 aliphatic heterocycles. The van der Waals surface area contributed by atoms with Crippen LogP contribution in [0.5, 0.6) is 0 Å². The third-order valence-electron chi connectivity index (χ3n) is 8.24. The SMILES string of the molecule is CC(C)(C)OC(=O)CC1CC(COC(=O)OC2CC3CC4CCC2C(OC(=O)C(F)(F)S(=O)(=O)O)(C4)C3)OC(C)(C)O1. The fraction of sp³-hybridized carbons (Fsp3) is 0.889. The molecule has 3 aliphatic carbocycles. The van der Waals surface area contributed by atoms with Gasteiger partial charge in [0.2, 0.25) is 0 Å². The zero-order chi connectivity index (χ0) is 31.3. The molecule has 7 unspecified atom stereocenters. The lowest BCUT2D eigenvalue weighted by Gasteiger charge is -2.57. The van der Waals surface area contributed by atoms with E-state index in [0.29, 0.717) is 19.3 Å². The molecule has 3 bridgehead atoms. The van der Waals surface area contributed by atoms with Crippen LogP contribution in [0.15, 0.2) is 0 Å². The van der Waals surface area contributed by atoms with Crippen molar-refractivity contribution in [3.63, 3.8) is 0 Å². The standard InChI is InChI=1S/C27H40F2O12S/c1-24(2,3)40-21(30)11-17-10-18(39-25(4,5)38-17)14-36-23(32)37-20-9-16-8-15-6-7-19(20)26(12-15,13-16)41-22(31)27(28,29)42(33,34)35/h15-20H,6-14H2,1-5H3,(H,33,34,35). The molecule has 1 heterocycles. The topological polar surface area (TPSA) is 161 Å². The van der Waals surface area contributed by atoms with Gasteiger partial charge in [-0.15, -0.1) is 0 Å². The second-order valence-corrected chi connectivity index (χ2v) is 14.8. The van der Waals surface area contributed by atoms with Gasteiger partial charge in [0, 0.05) is 12.3 Å². The zero-order valence-corrected chi connectivity index (χ0v) is 25.2. The van der Waals surface area contributed by atoms with Gasteiger partial charge in [-0.05, 0) is 85.0 Å². The van der Waals surface area contributed by atoms with Crippen molar-refractivity contribution in [2.75, 3.05) is 6.61 Å². The fourth-order valence-corrected chi connectivity index (χ4v) is 7.32. The minimum atomic E-state index is -6.03. The molecule has 4 aliphatic rings. The summed E-state index contributed by atoms with van der Waals surface area (Å²) in [5, 5.41) is -5.13. The number of fused-ring (bicyclic) bond motifs is 2. The van der Waals surface area contributed by atoms with Crippen LogP contribution in [0.2, 0.25) is 0 Å². The maximum Gasteiger partial charge on any atom is 0.508 e. The average Bonchev–Trinajstić information content (AvgIpc) is 2.78. The molecule has 0 aromatic rings. The van der Waals surface area contributed by atoms with Crippen molar-refractivity contribution in [2.45, 2.75) is 127 Å². The van der Waals surface area contributed by atoms with Crippen LogP contribution < -0.4 is 0 Å². The molecule has 240 valence electrons. The van der Waals surface area contributed by atoms with E-state index >= 15 is 0 Å². The molecule has 0 radical (unpaired) electrons. The molecule has 3 saturated carbocycles. The molecule has 4 rings (SSSR count). The Morgan fingerprint density at radius 1 is 0.976 bits per heavy atom. The van der Waals surface area contributed by atoms with Gasteiger partial charge in [0.25, 0.3) is 0 Å². The van der Waals surface area contributed by atoms with Gasteiger partial charge >= 0.3 is 33.5 Å². The van der Waals surface area contributed by atoms with Crippen LogP contribution in [-0.2, 0) is 48.1 Å². The molecule has 4 fully saturated rings. The predicted octanol–water partition coefficient (Wildman–Crippen LogP) is 4.14. The van der Waals surface area contributed by atoms with Crippen molar-refractivity contribution < 1.29 is 64.6 Å². The van der Waals surface area contributed by atoms with Crippen molar-refractivity contribution in [1.82, 2.24) is 0 Å². The summed E-state index contributed by atoms with van der Waals surface area (Å²) in [6.07, 6.45) is -0.107. The molecular weight excluding hydrogens is 586 g/mol. The highest BCUT2D eigenvalue weighted by molar-refractivity contribution is 7.87. The molecule has 42 heavy (non-hydrogen) atoms. The first-order valence-electron chi connectivity index (χ1n) is 14.2. The van der Waals surface area contributed by atoms with Crippen LogP contribution in [0.4, 0.5) is 13.6 Å². The Balaban J connectivity index is 1.38. The Labute approximate surface area is 243 Å². The van der Waals surface area contributed by atoms with Crippen molar-refractivity contribution >= 4 is 28.2 Å². The highest BCUT2D eigenvalue weighted by atomic mass is 32.2. The smallest absolute Gasteiger partial charge is 0.460 e. The van der Waals surface area contributed by atoms with Gasteiger partial charge in [0.05, 0.1) is 18.6 Å². The van der Waals surface area contributed by atoms with E-state index in [1.165, 1.54) is 0 Å². The first kappa shape index (κ1) is 32.8. The number of ether oxygens (including phenoxy) is 6. The van der Waals surface area contributed by atoms with Crippen LogP contribution in [0, 0.1) is 17.8 Å². The van der Waals surface area contributed by atoms with E-state index in [0.717, 1.165) is 6.42 Å². The Morgan fingerprint density at radius 3 is 2.26 bits per heavy atom. The lowest BCUT2D eigenvalue weighted by Crippen LogP contribution is -2.61. The van der Waals surface area contributed by atoms with Gasteiger partial charge in [-0.3, -0.25) is 9.35 Å². The Hall–Kier alpha value is -2.10. The average molecular weight is 627 g/mol. The summed E-state index contributed by atoms with van der Waals surface area (Å²) in [6.45, 7) is 8.40. The summed E-state index contributed by atoms with van der Waals surface area (Å²) < 4.78 is 92.5. The summed E-state index contributed by atoms with van der Waals surface area (Å²) in [4.78, 5) is 37.4. The number of rotatable bonds is 8. The van der Waals surface area contributed by atoms with E-state index in [1.54, 1.807) is 34.6 Å².